The summed E-state index contributed by atoms with van der Waals surface area (Å²) >= 11 is 5.70. The molecule has 4 nitrogen and oxygen atoms in total. The molecule has 1 amide bonds. The normalized spacial score (nSPS) is 16.8. The fourth-order valence-electron chi connectivity index (χ4n) is 2.44. The van der Waals surface area contributed by atoms with Crippen molar-refractivity contribution in [2.24, 2.45) is 0 Å². The number of benzene rings is 2. The van der Waals surface area contributed by atoms with Crippen LogP contribution in [0.4, 0.5) is 10.1 Å². The number of nitrogens with one attached hydrogen (secondary N) is 1. The lowest BCUT2D eigenvalue weighted by atomic mass is 10.2. The molecular weight excluding hydrogens is 333 g/mol. The zero-order valence-electron chi connectivity index (χ0n) is 12.9. The average molecular weight is 350 g/mol. The Morgan fingerprint density at radius 2 is 2.08 bits per heavy atom. The fraction of sp³-hybridized carbons (Fsp3) is 0.278. The molecule has 1 N–H and O–H groups in total. The molecule has 0 aliphatic carbocycles. The molecule has 2 aromatic rings. The summed E-state index contributed by atoms with van der Waals surface area (Å²) in [4.78, 5) is 12.2. The van der Waals surface area contributed by atoms with Gasteiger partial charge in [0.2, 0.25) is 0 Å². The average Bonchev–Trinajstić information content (AvgIpc) is 3.10. The van der Waals surface area contributed by atoms with E-state index in [-0.39, 0.29) is 17.0 Å². The van der Waals surface area contributed by atoms with E-state index in [1.807, 2.05) is 0 Å². The second-order valence-corrected chi connectivity index (χ2v) is 5.96. The van der Waals surface area contributed by atoms with Crippen molar-refractivity contribution in [2.75, 3.05) is 18.5 Å². The molecule has 0 aromatic heterocycles. The minimum atomic E-state index is -0.526. The smallest absolute Gasteiger partial charge is 0.255 e. The van der Waals surface area contributed by atoms with Crippen LogP contribution >= 0.6 is 11.6 Å². The van der Waals surface area contributed by atoms with E-state index < -0.39 is 5.82 Å². The molecule has 1 aliphatic heterocycles. The Kier molecular flexibility index (Phi) is 5.33. The first-order valence-electron chi connectivity index (χ1n) is 7.73. The highest BCUT2D eigenvalue weighted by atomic mass is 35.5. The zero-order valence-corrected chi connectivity index (χ0v) is 13.7. The number of rotatable bonds is 5. The van der Waals surface area contributed by atoms with Crippen LogP contribution in [0.2, 0.25) is 5.02 Å². The molecular formula is C18H17ClFNO3. The Balaban J connectivity index is 1.57. The largest absolute Gasteiger partial charge is 0.491 e. The minimum Gasteiger partial charge on any atom is -0.491 e. The van der Waals surface area contributed by atoms with Gasteiger partial charge in [-0.3, -0.25) is 4.79 Å². The predicted molar refractivity (Wildman–Crippen MR) is 90.3 cm³/mol. The van der Waals surface area contributed by atoms with E-state index in [2.05, 4.69) is 5.32 Å². The second kappa shape index (κ2) is 7.64. The maximum Gasteiger partial charge on any atom is 0.255 e. The van der Waals surface area contributed by atoms with Gasteiger partial charge in [-0.05, 0) is 55.3 Å². The molecule has 6 heteroatoms. The van der Waals surface area contributed by atoms with Crippen molar-refractivity contribution < 1.29 is 18.7 Å². The van der Waals surface area contributed by atoms with Crippen molar-refractivity contribution in [3.05, 3.63) is 58.9 Å². The SMILES string of the molecule is O=C(Nc1ccc(F)c(Cl)c1)c1ccc(OC[C@@H]2CCCO2)cc1. The molecule has 1 atom stereocenters. The van der Waals surface area contributed by atoms with Crippen molar-refractivity contribution in [1.82, 2.24) is 0 Å². The first kappa shape index (κ1) is 16.7. The number of halogens is 2. The lowest BCUT2D eigenvalue weighted by molar-refractivity contribution is 0.0679. The number of hydrogen-bond donors (Lipinski definition) is 1. The molecule has 1 heterocycles. The van der Waals surface area contributed by atoms with Crippen LogP contribution < -0.4 is 10.1 Å². The Hall–Kier alpha value is -2.11. The topological polar surface area (TPSA) is 47.6 Å². The monoisotopic (exact) mass is 349 g/mol. The molecule has 0 radical (unpaired) electrons. The third-order valence-corrected chi connectivity index (χ3v) is 4.04. The molecule has 0 saturated carbocycles. The van der Waals surface area contributed by atoms with E-state index >= 15 is 0 Å². The van der Waals surface area contributed by atoms with Gasteiger partial charge in [0.1, 0.15) is 18.2 Å². The van der Waals surface area contributed by atoms with Crippen LogP contribution in [-0.4, -0.2) is 25.2 Å². The van der Waals surface area contributed by atoms with E-state index in [0.717, 1.165) is 19.4 Å². The lowest BCUT2D eigenvalue weighted by Gasteiger charge is -2.12. The minimum absolute atomic E-state index is 0.0364. The molecule has 0 bridgehead atoms. The molecule has 1 aliphatic rings. The number of amides is 1. The Labute approximate surface area is 144 Å². The van der Waals surface area contributed by atoms with E-state index in [4.69, 9.17) is 21.1 Å². The summed E-state index contributed by atoms with van der Waals surface area (Å²) < 4.78 is 24.3. The van der Waals surface area contributed by atoms with Crippen molar-refractivity contribution >= 4 is 23.2 Å². The molecule has 0 unspecified atom stereocenters. The van der Waals surface area contributed by atoms with Crippen LogP contribution in [0, 0.1) is 5.82 Å². The second-order valence-electron chi connectivity index (χ2n) is 5.55. The molecule has 0 spiro atoms. The standard InChI is InChI=1S/C18H17ClFNO3/c19-16-10-13(5-8-17(16)20)21-18(22)12-3-6-14(7-4-12)24-11-15-2-1-9-23-15/h3-8,10,15H,1-2,9,11H2,(H,21,22)/t15-/m0/s1. The third kappa shape index (κ3) is 4.24. The molecule has 1 fully saturated rings. The lowest BCUT2D eigenvalue weighted by Crippen LogP contribution is -2.16. The van der Waals surface area contributed by atoms with Crippen LogP contribution in [0.5, 0.6) is 5.75 Å². The quantitative estimate of drug-likeness (QED) is 0.876. The van der Waals surface area contributed by atoms with Crippen molar-refractivity contribution in [1.29, 1.82) is 0 Å². The van der Waals surface area contributed by atoms with Crippen molar-refractivity contribution in [2.45, 2.75) is 18.9 Å². The third-order valence-electron chi connectivity index (χ3n) is 3.75. The van der Waals surface area contributed by atoms with Gasteiger partial charge in [0.25, 0.3) is 5.91 Å². The van der Waals surface area contributed by atoms with Gasteiger partial charge in [0, 0.05) is 17.9 Å². The molecule has 1 saturated heterocycles. The first-order valence-corrected chi connectivity index (χ1v) is 8.10. The Morgan fingerprint density at radius 3 is 2.75 bits per heavy atom. The van der Waals surface area contributed by atoms with E-state index in [1.54, 1.807) is 24.3 Å². The molecule has 2 aromatic carbocycles. The van der Waals surface area contributed by atoms with Gasteiger partial charge in [-0.25, -0.2) is 4.39 Å². The van der Waals surface area contributed by atoms with Crippen LogP contribution in [0.3, 0.4) is 0 Å². The van der Waals surface area contributed by atoms with Gasteiger partial charge < -0.3 is 14.8 Å². The summed E-state index contributed by atoms with van der Waals surface area (Å²) in [6.45, 7) is 1.31. The summed E-state index contributed by atoms with van der Waals surface area (Å²) in [5, 5.41) is 2.64. The van der Waals surface area contributed by atoms with Gasteiger partial charge in [-0.15, -0.1) is 0 Å². The summed E-state index contributed by atoms with van der Waals surface area (Å²) in [7, 11) is 0. The highest BCUT2D eigenvalue weighted by Crippen LogP contribution is 2.21. The zero-order chi connectivity index (χ0) is 16.9. The Bertz CT molecular complexity index is 715. The van der Waals surface area contributed by atoms with Crippen LogP contribution in [-0.2, 0) is 4.74 Å². The number of hydrogen-bond acceptors (Lipinski definition) is 3. The van der Waals surface area contributed by atoms with Crippen LogP contribution in [0.25, 0.3) is 0 Å². The summed E-state index contributed by atoms with van der Waals surface area (Å²) in [5.41, 5.74) is 0.907. The summed E-state index contributed by atoms with van der Waals surface area (Å²) in [6, 6.07) is 10.9. The van der Waals surface area contributed by atoms with Crippen LogP contribution in [0.1, 0.15) is 23.2 Å². The van der Waals surface area contributed by atoms with E-state index in [9.17, 15) is 9.18 Å². The van der Waals surface area contributed by atoms with Crippen LogP contribution in [0.15, 0.2) is 42.5 Å². The Morgan fingerprint density at radius 1 is 1.29 bits per heavy atom. The fourth-order valence-corrected chi connectivity index (χ4v) is 2.63. The van der Waals surface area contributed by atoms with Gasteiger partial charge in [-0.1, -0.05) is 11.6 Å². The number of ether oxygens (including phenoxy) is 2. The molecule has 126 valence electrons. The van der Waals surface area contributed by atoms with Gasteiger partial charge in [0.15, 0.2) is 0 Å². The maximum atomic E-state index is 13.1. The molecule has 24 heavy (non-hydrogen) atoms. The predicted octanol–water partition coefficient (Wildman–Crippen LogP) is 4.29. The van der Waals surface area contributed by atoms with Crippen molar-refractivity contribution in [3.8, 4) is 5.75 Å². The number of anilines is 1. The van der Waals surface area contributed by atoms with Gasteiger partial charge in [-0.2, -0.15) is 0 Å². The first-order chi connectivity index (χ1) is 11.6. The van der Waals surface area contributed by atoms with Gasteiger partial charge in [0.05, 0.1) is 11.1 Å². The summed E-state index contributed by atoms with van der Waals surface area (Å²) in [5.74, 6) is -0.141. The van der Waals surface area contributed by atoms with Gasteiger partial charge >= 0.3 is 0 Å². The van der Waals surface area contributed by atoms with E-state index in [1.165, 1.54) is 18.2 Å². The van der Waals surface area contributed by atoms with Crippen molar-refractivity contribution in [3.63, 3.8) is 0 Å². The highest BCUT2D eigenvalue weighted by molar-refractivity contribution is 6.31. The summed E-state index contributed by atoms with van der Waals surface area (Å²) in [6.07, 6.45) is 2.23. The van der Waals surface area contributed by atoms with E-state index in [0.29, 0.717) is 23.6 Å². The number of carbonyl (C=O) groups is 1. The maximum absolute atomic E-state index is 13.1. The highest BCUT2D eigenvalue weighted by Gasteiger charge is 2.16. The molecule has 3 rings (SSSR count). The number of carbonyl (C=O) groups excluding carboxylic acids is 1.